The van der Waals surface area contributed by atoms with Crippen molar-refractivity contribution in [2.24, 2.45) is 0 Å². The highest BCUT2D eigenvalue weighted by Crippen LogP contribution is 2.22. The summed E-state index contributed by atoms with van der Waals surface area (Å²) < 4.78 is 0. The van der Waals surface area contributed by atoms with Crippen LogP contribution in [0.25, 0.3) is 0 Å². The first-order valence-corrected chi connectivity index (χ1v) is 3.90. The monoisotopic (exact) mass is 171 g/mol. The third kappa shape index (κ3) is 1.46. The van der Waals surface area contributed by atoms with Crippen molar-refractivity contribution < 1.29 is 5.11 Å². The first kappa shape index (κ1) is 8.34. The largest absolute Gasteiger partial charge is 0.507 e. The lowest BCUT2D eigenvalue weighted by atomic mass is 10.1. The van der Waals surface area contributed by atoms with Crippen LogP contribution in [0.3, 0.4) is 0 Å². The zero-order valence-corrected chi connectivity index (χ0v) is 7.31. The molecule has 1 aromatic rings. The summed E-state index contributed by atoms with van der Waals surface area (Å²) in [6, 6.07) is 0. The van der Waals surface area contributed by atoms with Gasteiger partial charge in [0.25, 0.3) is 0 Å². The van der Waals surface area contributed by atoms with Gasteiger partial charge in [0.2, 0.25) is 0 Å². The number of aromatic hydroxyl groups is 1. The molecule has 0 bridgehead atoms. The molecule has 0 aliphatic rings. The summed E-state index contributed by atoms with van der Waals surface area (Å²) in [7, 11) is 0. The van der Waals surface area contributed by atoms with Crippen molar-refractivity contribution in [1.82, 2.24) is 4.98 Å². The second-order valence-corrected chi connectivity index (χ2v) is 2.76. The normalized spacial score (nSPS) is 10.1. The second-order valence-electron chi connectivity index (χ2n) is 2.50. The number of hydrogen-bond acceptors (Lipinski definition) is 2. The van der Waals surface area contributed by atoms with Crippen LogP contribution in [0.1, 0.15) is 16.8 Å². The summed E-state index contributed by atoms with van der Waals surface area (Å²) in [6.45, 7) is 3.63. The molecule has 0 radical (unpaired) electrons. The van der Waals surface area contributed by atoms with Gasteiger partial charge in [0, 0.05) is 17.3 Å². The van der Waals surface area contributed by atoms with Gasteiger partial charge in [-0.3, -0.25) is 4.98 Å². The highest BCUT2D eigenvalue weighted by molar-refractivity contribution is 6.17. The molecule has 0 aliphatic heterocycles. The Morgan fingerprint density at radius 2 is 2.18 bits per heavy atom. The molecule has 0 spiro atoms. The summed E-state index contributed by atoms with van der Waals surface area (Å²) in [6.07, 6.45) is 1.63. The molecule has 0 aromatic carbocycles. The van der Waals surface area contributed by atoms with Crippen LogP contribution in [0.5, 0.6) is 5.75 Å². The topological polar surface area (TPSA) is 33.1 Å². The van der Waals surface area contributed by atoms with Gasteiger partial charge in [-0.2, -0.15) is 0 Å². The fourth-order valence-corrected chi connectivity index (χ4v) is 1.17. The van der Waals surface area contributed by atoms with E-state index in [9.17, 15) is 5.11 Å². The van der Waals surface area contributed by atoms with Crippen molar-refractivity contribution >= 4 is 11.6 Å². The third-order valence-corrected chi connectivity index (χ3v) is 1.96. The van der Waals surface area contributed by atoms with Gasteiger partial charge in [-0.25, -0.2) is 0 Å². The molecule has 0 atom stereocenters. The van der Waals surface area contributed by atoms with Crippen molar-refractivity contribution in [1.29, 1.82) is 0 Å². The van der Waals surface area contributed by atoms with Gasteiger partial charge in [-0.15, -0.1) is 11.6 Å². The van der Waals surface area contributed by atoms with Crippen molar-refractivity contribution in [3.63, 3.8) is 0 Å². The maximum atomic E-state index is 9.42. The molecule has 0 aliphatic carbocycles. The maximum absolute atomic E-state index is 9.42. The summed E-state index contributed by atoms with van der Waals surface area (Å²) in [5, 5.41) is 9.42. The second kappa shape index (κ2) is 3.09. The molecule has 11 heavy (non-hydrogen) atoms. The molecule has 0 unspecified atom stereocenters. The van der Waals surface area contributed by atoms with Crippen LogP contribution in [-0.2, 0) is 5.88 Å². The van der Waals surface area contributed by atoms with Crippen molar-refractivity contribution in [2.75, 3.05) is 0 Å². The quantitative estimate of drug-likeness (QED) is 0.657. The Balaban J connectivity index is 3.25. The number of alkyl halides is 1. The van der Waals surface area contributed by atoms with Gasteiger partial charge in [0.1, 0.15) is 5.75 Å². The van der Waals surface area contributed by atoms with Crippen LogP contribution in [0, 0.1) is 13.8 Å². The molecule has 60 valence electrons. The van der Waals surface area contributed by atoms with E-state index >= 15 is 0 Å². The summed E-state index contributed by atoms with van der Waals surface area (Å²) in [5.41, 5.74) is 2.31. The standard InChI is InChI=1S/C8H10ClNO/c1-5-4-10-7(3-9)6(2)8(5)11/h4H,3H2,1-2H3,(H,10,11). The minimum absolute atomic E-state index is 0.302. The Morgan fingerprint density at radius 1 is 1.55 bits per heavy atom. The van der Waals surface area contributed by atoms with Crippen LogP contribution in [-0.4, -0.2) is 10.1 Å². The van der Waals surface area contributed by atoms with Crippen LogP contribution in [0.15, 0.2) is 6.20 Å². The third-order valence-electron chi connectivity index (χ3n) is 1.70. The number of pyridine rings is 1. The van der Waals surface area contributed by atoms with Crippen molar-refractivity contribution in [2.45, 2.75) is 19.7 Å². The SMILES string of the molecule is Cc1cnc(CCl)c(C)c1O. The lowest BCUT2D eigenvalue weighted by Gasteiger charge is -2.05. The molecule has 1 heterocycles. The molecule has 0 saturated carbocycles. The highest BCUT2D eigenvalue weighted by atomic mass is 35.5. The van der Waals surface area contributed by atoms with Gasteiger partial charge in [0.15, 0.2) is 0 Å². The van der Waals surface area contributed by atoms with Crippen LogP contribution in [0.4, 0.5) is 0 Å². The number of halogens is 1. The number of hydrogen-bond donors (Lipinski definition) is 1. The van der Waals surface area contributed by atoms with E-state index in [1.165, 1.54) is 0 Å². The lowest BCUT2D eigenvalue weighted by molar-refractivity contribution is 0.465. The van der Waals surface area contributed by atoms with E-state index in [0.29, 0.717) is 11.6 Å². The Labute approximate surface area is 70.8 Å². The molecule has 0 saturated heterocycles. The minimum Gasteiger partial charge on any atom is -0.507 e. The van der Waals surface area contributed by atoms with E-state index in [2.05, 4.69) is 4.98 Å². The van der Waals surface area contributed by atoms with Crippen LogP contribution >= 0.6 is 11.6 Å². The minimum atomic E-state index is 0.302. The van der Waals surface area contributed by atoms with E-state index in [4.69, 9.17) is 11.6 Å². The van der Waals surface area contributed by atoms with E-state index in [1.54, 1.807) is 6.20 Å². The maximum Gasteiger partial charge on any atom is 0.124 e. The Morgan fingerprint density at radius 3 is 2.73 bits per heavy atom. The molecular weight excluding hydrogens is 162 g/mol. The van der Waals surface area contributed by atoms with Gasteiger partial charge in [-0.1, -0.05) is 0 Å². The number of nitrogens with zero attached hydrogens (tertiary/aromatic N) is 1. The number of aryl methyl sites for hydroxylation is 1. The predicted octanol–water partition coefficient (Wildman–Crippen LogP) is 2.14. The summed E-state index contributed by atoms with van der Waals surface area (Å²) >= 11 is 5.58. The van der Waals surface area contributed by atoms with E-state index < -0.39 is 0 Å². The van der Waals surface area contributed by atoms with E-state index in [1.807, 2.05) is 13.8 Å². The molecule has 3 heteroatoms. The lowest BCUT2D eigenvalue weighted by Crippen LogP contribution is -1.92. The smallest absolute Gasteiger partial charge is 0.124 e. The Bertz CT molecular complexity index is 273. The first-order chi connectivity index (χ1) is 5.16. The van der Waals surface area contributed by atoms with Gasteiger partial charge >= 0.3 is 0 Å². The number of aromatic nitrogens is 1. The molecule has 1 N–H and O–H groups in total. The molecule has 1 aromatic heterocycles. The van der Waals surface area contributed by atoms with Crippen molar-refractivity contribution in [3.8, 4) is 5.75 Å². The van der Waals surface area contributed by atoms with E-state index in [-0.39, 0.29) is 0 Å². The zero-order valence-electron chi connectivity index (χ0n) is 6.56. The molecule has 0 fully saturated rings. The Hall–Kier alpha value is -0.760. The van der Waals surface area contributed by atoms with Gasteiger partial charge in [0.05, 0.1) is 11.6 Å². The summed E-state index contributed by atoms with van der Waals surface area (Å²) in [4.78, 5) is 4.07. The average molecular weight is 172 g/mol. The average Bonchev–Trinajstić information content (AvgIpc) is 2.01. The van der Waals surface area contributed by atoms with Crippen LogP contribution < -0.4 is 0 Å². The van der Waals surface area contributed by atoms with Crippen LogP contribution in [0.2, 0.25) is 0 Å². The molecule has 0 amide bonds. The summed E-state index contributed by atoms with van der Waals surface area (Å²) in [5.74, 6) is 0.648. The molecule has 1 rings (SSSR count). The van der Waals surface area contributed by atoms with Gasteiger partial charge < -0.3 is 5.11 Å². The van der Waals surface area contributed by atoms with Crippen molar-refractivity contribution in [3.05, 3.63) is 23.0 Å². The predicted molar refractivity (Wildman–Crippen MR) is 44.9 cm³/mol. The van der Waals surface area contributed by atoms with Gasteiger partial charge in [-0.05, 0) is 13.8 Å². The number of rotatable bonds is 1. The molecular formula is C8H10ClNO. The first-order valence-electron chi connectivity index (χ1n) is 3.36. The zero-order chi connectivity index (χ0) is 8.43. The Kier molecular flexibility index (Phi) is 2.35. The highest BCUT2D eigenvalue weighted by Gasteiger charge is 2.05. The fraction of sp³-hybridized carbons (Fsp3) is 0.375. The van der Waals surface area contributed by atoms with E-state index in [0.717, 1.165) is 16.8 Å². The molecule has 2 nitrogen and oxygen atoms in total. The fourth-order valence-electron chi connectivity index (χ4n) is 0.900.